The molecule has 8 aromatic rings. The number of carbonyl (C=O) groups excluding carboxylic acids is 2. The van der Waals surface area contributed by atoms with Gasteiger partial charge in [-0.15, -0.1) is 24.8 Å². The minimum Gasteiger partial charge on any atom is -0.480 e. The number of para-hydroxylation sites is 6. The number of nitrogens with two attached hydrogens (primary N) is 1. The van der Waals surface area contributed by atoms with Gasteiger partial charge in [0.05, 0.1) is 52.9 Å². The molecule has 12 atom stereocenters. The van der Waals surface area contributed by atoms with Gasteiger partial charge in [-0.3, -0.25) is 33.9 Å². The molecule has 3 aliphatic carbocycles. The van der Waals surface area contributed by atoms with Crippen LogP contribution in [0.3, 0.4) is 0 Å². The maximum Gasteiger partial charge on any atom is 0.331 e. The maximum atomic E-state index is 14.0. The molecule has 17 rings (SSSR count). The number of aliphatic carboxylic acids is 1. The number of esters is 2. The Morgan fingerprint density at radius 2 is 0.672 bits per heavy atom. The van der Waals surface area contributed by atoms with Gasteiger partial charge in [0.15, 0.2) is 16.8 Å². The third-order valence-corrected chi connectivity index (χ3v) is 27.0. The zero-order valence-electron chi connectivity index (χ0n) is 68.6. The van der Waals surface area contributed by atoms with E-state index in [0.717, 1.165) is 77.8 Å². The Morgan fingerprint density at radius 1 is 0.378 bits per heavy atom. The van der Waals surface area contributed by atoms with E-state index in [1.54, 1.807) is 0 Å². The smallest absolute Gasteiger partial charge is 0.331 e. The van der Waals surface area contributed by atoms with Crippen molar-refractivity contribution in [2.75, 3.05) is 30.5 Å². The molecule has 3 unspecified atom stereocenters. The maximum absolute atomic E-state index is 14.0. The summed E-state index contributed by atoms with van der Waals surface area (Å²) in [5, 5.41) is 43.2. The van der Waals surface area contributed by atoms with E-state index in [-0.39, 0.29) is 89.6 Å². The Balaban J connectivity index is 0.000000152. The van der Waals surface area contributed by atoms with Gasteiger partial charge in [0.2, 0.25) is 0 Å². The number of hydrogen-bond acceptors (Lipinski definition) is 20. The van der Waals surface area contributed by atoms with Crippen molar-refractivity contribution in [1.29, 1.82) is 0 Å². The fraction of sp³-hybridized carbons (Fsp3) is 0.576. The fourth-order valence-electron chi connectivity index (χ4n) is 21.3. The number of halogens is 3. The summed E-state index contributed by atoms with van der Waals surface area (Å²) in [6.45, 7) is -1.24. The highest BCUT2D eigenvalue weighted by molar-refractivity contribution is 6.29. The number of benzene rings is 5. The van der Waals surface area contributed by atoms with E-state index in [2.05, 4.69) is 40.3 Å². The Labute approximate surface area is 715 Å². The average molecular weight is 1700 g/mol. The van der Waals surface area contributed by atoms with Gasteiger partial charge in [0.25, 0.3) is 16.7 Å². The molecule has 0 spiro atoms. The van der Waals surface area contributed by atoms with Crippen molar-refractivity contribution >= 4 is 99.1 Å². The summed E-state index contributed by atoms with van der Waals surface area (Å²) in [6, 6.07) is 44.2. The molecule has 9 heterocycles. The van der Waals surface area contributed by atoms with Gasteiger partial charge >= 0.3 is 17.9 Å². The van der Waals surface area contributed by atoms with E-state index in [4.69, 9.17) is 31.9 Å². The van der Waals surface area contributed by atoms with E-state index >= 15 is 0 Å². The molecule has 9 aliphatic rings. The highest BCUT2D eigenvalue weighted by Crippen LogP contribution is 2.48. The average Bonchev–Trinajstić information content (AvgIpc) is 1.71. The molecule has 6 bridgehead atoms. The lowest BCUT2D eigenvalue weighted by atomic mass is 9.89. The summed E-state index contributed by atoms with van der Waals surface area (Å²) >= 11 is 6.23. The van der Waals surface area contributed by atoms with Gasteiger partial charge in [0.1, 0.15) is 31.3 Å². The Kier molecular flexibility index (Phi) is 33.2. The Bertz CT molecular complexity index is 4750. The van der Waals surface area contributed by atoms with Crippen LogP contribution in [0.1, 0.15) is 241 Å². The molecule has 24 nitrogen and oxygen atoms in total. The molecule has 0 radical (unpaired) electrons. The Morgan fingerprint density at radius 3 is 1.00 bits per heavy atom. The van der Waals surface area contributed by atoms with Crippen LogP contribution in [-0.2, 0) is 37.1 Å². The normalized spacial score (nSPS) is 24.6. The van der Waals surface area contributed by atoms with Crippen LogP contribution in [-0.4, -0.2) is 174 Å². The second kappa shape index (κ2) is 43.8. The first-order chi connectivity index (χ1) is 57.1. The van der Waals surface area contributed by atoms with Crippen LogP contribution in [0.2, 0.25) is 5.15 Å². The van der Waals surface area contributed by atoms with Crippen LogP contribution < -0.4 is 33.0 Å². The molecule has 27 heteroatoms. The predicted octanol–water partition coefficient (Wildman–Crippen LogP) is 15.0. The molecule has 6 saturated heterocycles. The standard InChI is InChI=1S/C33H42N4O4.C26H36N4O4.C23H30ClN3O.C10H13NO3.2ClH/c38-21-29(33(40)41-22-23-11-5-4-6-12-23)35-31-32(39)37(30-16-10-9-15-28(30)34-31)27-19-25-17-18-26(20-27)36(25)24-13-7-2-1-3-8-14-24;31-16-22(26(33)34)28-24-25(32)30(23-11-7-6-10-21(23)27-24)20-14-18-12-13-19(15-20)29(18)17-8-4-2-1-3-5-9-17;24-22-23(28)27(21-11-7-6-10-20(21)25-22)19-14-17-12-13-18(15-19)26(17)16-8-4-2-1-3-5-9-16;11-9(6-12)10(13)14-7-8-4-2-1-3-5-8;;/h4-6,9-12,15-16,24-27,29,38H,1-3,7-8,13-14,17-22H2,(H,34,35);6-7,10-11,17-20,22,31H,1-5,8-9,12-16H2,(H,27,28)(H,33,34);6-7,10-11,16-19H,1-5,8-9,12-15H2;1-5,9,12H,6-7,11H2;2*1H/t25-,26+,27?,29-;18-,19+,20?,22-;17-,18+,19?;9-;;/m00.0../s1. The summed E-state index contributed by atoms with van der Waals surface area (Å²) in [5.74, 6) is -2.35. The van der Waals surface area contributed by atoms with E-state index < -0.39 is 55.9 Å². The van der Waals surface area contributed by atoms with Gasteiger partial charge in [-0.2, -0.15) is 0 Å². The third-order valence-electron chi connectivity index (χ3n) is 26.7. The van der Waals surface area contributed by atoms with Crippen molar-refractivity contribution in [2.24, 2.45) is 5.73 Å². The summed E-state index contributed by atoms with van der Waals surface area (Å²) < 4.78 is 16.0. The van der Waals surface area contributed by atoms with E-state index in [1.807, 2.05) is 147 Å². The molecular formula is C92H123Cl3N12O12. The molecule has 9 fully saturated rings. The van der Waals surface area contributed by atoms with E-state index in [0.29, 0.717) is 59.4 Å². The Hall–Kier alpha value is -7.88. The number of nitrogens with zero attached hydrogens (tertiary/aromatic N) is 9. The number of carbonyl (C=O) groups is 3. The number of carboxylic acid groups (broad SMARTS) is 1. The van der Waals surface area contributed by atoms with Crippen LogP contribution in [0.5, 0.6) is 0 Å². The van der Waals surface area contributed by atoms with Gasteiger partial charge in [0, 0.05) is 72.5 Å². The molecule has 3 saturated carbocycles. The van der Waals surface area contributed by atoms with Crippen LogP contribution in [0.25, 0.3) is 33.1 Å². The molecular weight excluding hydrogens is 1570 g/mol. The van der Waals surface area contributed by atoms with Crippen molar-refractivity contribution in [2.45, 2.75) is 316 Å². The number of fused-ring (bicyclic) bond motifs is 9. The number of nitrogens with one attached hydrogen (secondary N) is 2. The molecule has 0 amide bonds. The van der Waals surface area contributed by atoms with E-state index in [9.17, 15) is 44.1 Å². The monoisotopic (exact) mass is 1690 g/mol. The van der Waals surface area contributed by atoms with Crippen LogP contribution in [0.15, 0.2) is 148 Å². The lowest BCUT2D eigenvalue weighted by molar-refractivity contribution is -0.148. The second-order valence-electron chi connectivity index (χ2n) is 34.3. The number of rotatable bonds is 20. The molecule has 5 aromatic carbocycles. The number of anilines is 2. The molecule has 644 valence electrons. The lowest BCUT2D eigenvalue weighted by Gasteiger charge is -2.45. The van der Waals surface area contributed by atoms with Crippen LogP contribution in [0, 0.1) is 0 Å². The quantitative estimate of drug-likeness (QED) is 0.0349. The number of carboxylic acids is 1. The molecule has 3 aromatic heterocycles. The SMILES string of the molecule is Cl.Cl.N[C@@H](CO)C(=O)OCc1ccccc1.O=C(O)[C@H](CO)Nc1nc2ccccc2n(C2C[C@H]3CC[C@@H](C2)N3C2CCCCCCC2)c1=O.O=C(OCc1ccccc1)[C@H](CO)Nc1nc2ccccc2n(C2C[C@H]3CC[C@@H](C2)N3C2CCCCCCC2)c1=O.O=c1c(Cl)nc2ccccc2n1C1C[C@H]2CC[C@@H](C1)N2C1CCCCCCC1. The molecule has 6 aliphatic heterocycles. The fourth-order valence-corrected chi connectivity index (χ4v) is 21.5. The third kappa shape index (κ3) is 22.0. The first-order valence-corrected chi connectivity index (χ1v) is 44.3. The number of ether oxygens (including phenoxy) is 2. The summed E-state index contributed by atoms with van der Waals surface area (Å²) in [5.41, 5.74) is 11.0. The highest BCUT2D eigenvalue weighted by atomic mass is 35.5. The van der Waals surface area contributed by atoms with Crippen molar-refractivity contribution in [3.8, 4) is 0 Å². The van der Waals surface area contributed by atoms with E-state index in [1.165, 1.54) is 173 Å². The van der Waals surface area contributed by atoms with Gasteiger partial charge < -0.3 is 60.0 Å². The highest BCUT2D eigenvalue weighted by Gasteiger charge is 2.48. The largest absolute Gasteiger partial charge is 0.480 e. The van der Waals surface area contributed by atoms with Crippen molar-refractivity contribution in [1.82, 2.24) is 43.4 Å². The minimum atomic E-state index is -1.27. The van der Waals surface area contributed by atoms with Gasteiger partial charge in [-0.25, -0.2) is 24.5 Å². The summed E-state index contributed by atoms with van der Waals surface area (Å²) in [4.78, 5) is 97.8. The number of aliphatic hydroxyl groups is 3. The first kappa shape index (κ1) is 90.4. The minimum absolute atomic E-state index is 0. The number of aliphatic hydroxyl groups excluding tert-OH is 3. The topological polar surface area (TPSA) is 315 Å². The predicted molar refractivity (Wildman–Crippen MR) is 471 cm³/mol. The van der Waals surface area contributed by atoms with Crippen LogP contribution >= 0.6 is 36.4 Å². The van der Waals surface area contributed by atoms with Crippen molar-refractivity contribution in [3.63, 3.8) is 0 Å². The zero-order valence-corrected chi connectivity index (χ0v) is 71.0. The summed E-state index contributed by atoms with van der Waals surface area (Å²) in [7, 11) is 0. The first-order valence-electron chi connectivity index (χ1n) is 43.9. The number of hydrogen-bond donors (Lipinski definition) is 7. The second-order valence-corrected chi connectivity index (χ2v) is 34.6. The lowest BCUT2D eigenvalue weighted by Crippen LogP contribution is -2.50. The van der Waals surface area contributed by atoms with Crippen molar-refractivity contribution in [3.05, 3.63) is 181 Å². The number of piperidine rings is 3. The van der Waals surface area contributed by atoms with Gasteiger partial charge in [-0.1, -0.05) is 205 Å². The zero-order chi connectivity index (χ0) is 81.3. The van der Waals surface area contributed by atoms with Crippen molar-refractivity contribution < 1.29 is 44.3 Å². The molecule has 8 N–H and O–H groups in total. The van der Waals surface area contributed by atoms with Gasteiger partial charge in [-0.05, 0) is 163 Å². The summed E-state index contributed by atoms with van der Waals surface area (Å²) in [6.07, 6.45) is 41.6. The molecule has 119 heavy (non-hydrogen) atoms. The number of aromatic nitrogens is 6. The van der Waals surface area contributed by atoms with Crippen LogP contribution in [0.4, 0.5) is 11.6 Å².